The fourth-order valence-corrected chi connectivity index (χ4v) is 4.49. The first-order chi connectivity index (χ1) is 14.1. The zero-order valence-electron chi connectivity index (χ0n) is 17.2. The second kappa shape index (κ2) is 8.27. The molecule has 3 aromatic rings. The quantitative estimate of drug-likeness (QED) is 0.626. The van der Waals surface area contributed by atoms with Gasteiger partial charge in [-0.25, -0.2) is 12.8 Å². The van der Waals surface area contributed by atoms with Crippen molar-refractivity contribution in [3.63, 3.8) is 0 Å². The largest absolute Gasteiger partial charge is 0.326 e. The Morgan fingerprint density at radius 3 is 2.47 bits per heavy atom. The number of hydrogen-bond donors (Lipinski definition) is 2. The lowest BCUT2D eigenvalue weighted by Crippen LogP contribution is -2.18. The Kier molecular flexibility index (Phi) is 5.93. The summed E-state index contributed by atoms with van der Waals surface area (Å²) in [5.74, 6) is -0.964. The van der Waals surface area contributed by atoms with E-state index in [4.69, 9.17) is 0 Å². The third-order valence-electron chi connectivity index (χ3n) is 4.88. The minimum absolute atomic E-state index is 0.0442. The number of nitrogens with one attached hydrogen (secondary N) is 2. The van der Waals surface area contributed by atoms with E-state index in [0.717, 1.165) is 17.0 Å². The van der Waals surface area contributed by atoms with Gasteiger partial charge in [-0.05, 0) is 50.6 Å². The number of carbonyl (C=O) groups excluding carboxylic acids is 1. The van der Waals surface area contributed by atoms with Crippen molar-refractivity contribution in [1.82, 2.24) is 9.78 Å². The average Bonchev–Trinajstić information content (AvgIpc) is 2.91. The molecule has 0 saturated heterocycles. The van der Waals surface area contributed by atoms with Crippen LogP contribution in [0.15, 0.2) is 47.4 Å². The van der Waals surface area contributed by atoms with Crippen LogP contribution in [0.25, 0.3) is 0 Å². The molecule has 0 bridgehead atoms. The lowest BCUT2D eigenvalue weighted by Gasteiger charge is -2.13. The normalized spacial score (nSPS) is 11.4. The molecule has 0 aliphatic rings. The van der Waals surface area contributed by atoms with E-state index in [1.54, 1.807) is 23.7 Å². The Hall–Kier alpha value is -3.20. The molecule has 1 aromatic heterocycles. The average molecular weight is 431 g/mol. The Balaban J connectivity index is 1.82. The number of nitrogens with zero attached hydrogens (tertiary/aromatic N) is 2. The first-order valence-corrected chi connectivity index (χ1v) is 10.7. The van der Waals surface area contributed by atoms with Gasteiger partial charge in [0.1, 0.15) is 5.82 Å². The van der Waals surface area contributed by atoms with Gasteiger partial charge in [0.2, 0.25) is 5.91 Å². The van der Waals surface area contributed by atoms with Crippen LogP contribution in [0, 0.1) is 26.6 Å². The van der Waals surface area contributed by atoms with Crippen molar-refractivity contribution in [1.29, 1.82) is 0 Å². The molecular formula is C21H23FN4O3S. The van der Waals surface area contributed by atoms with Gasteiger partial charge in [-0.15, -0.1) is 0 Å². The maximum atomic E-state index is 13.9. The van der Waals surface area contributed by atoms with Crippen molar-refractivity contribution in [2.75, 3.05) is 10.0 Å². The number of anilines is 2. The maximum absolute atomic E-state index is 13.9. The number of sulfonamides is 1. The standard InChI is InChI=1S/C21H23FN4O3S/c1-13-9-10-16(23-21(27)12-17-14(2)24-26(4)15(17)3)11-20(13)30(28,29)25-19-8-6-5-7-18(19)22/h5-11,25H,12H2,1-4H3,(H,23,27). The fraction of sp³-hybridized carbons (Fsp3) is 0.238. The van der Waals surface area contributed by atoms with Gasteiger partial charge < -0.3 is 5.32 Å². The molecule has 30 heavy (non-hydrogen) atoms. The minimum Gasteiger partial charge on any atom is -0.326 e. The molecule has 2 N–H and O–H groups in total. The summed E-state index contributed by atoms with van der Waals surface area (Å²) in [5.41, 5.74) is 3.15. The Morgan fingerprint density at radius 1 is 1.13 bits per heavy atom. The van der Waals surface area contributed by atoms with Crippen molar-refractivity contribution < 1.29 is 17.6 Å². The van der Waals surface area contributed by atoms with Crippen molar-refractivity contribution in [3.05, 3.63) is 70.8 Å². The Labute approximate surface area is 175 Å². The molecule has 1 heterocycles. The van der Waals surface area contributed by atoms with Crippen LogP contribution in [0.4, 0.5) is 15.8 Å². The van der Waals surface area contributed by atoms with Crippen LogP contribution in [-0.4, -0.2) is 24.1 Å². The van der Waals surface area contributed by atoms with Gasteiger partial charge >= 0.3 is 0 Å². The Morgan fingerprint density at radius 2 is 1.83 bits per heavy atom. The molecule has 158 valence electrons. The van der Waals surface area contributed by atoms with Crippen molar-refractivity contribution >= 4 is 27.3 Å². The number of aromatic nitrogens is 2. The van der Waals surface area contributed by atoms with Crippen LogP contribution in [0.3, 0.4) is 0 Å². The molecular weight excluding hydrogens is 407 g/mol. The van der Waals surface area contributed by atoms with Crippen LogP contribution in [0.2, 0.25) is 0 Å². The Bertz CT molecular complexity index is 1220. The highest BCUT2D eigenvalue weighted by Crippen LogP contribution is 2.24. The SMILES string of the molecule is Cc1ccc(NC(=O)Cc2c(C)nn(C)c2C)cc1S(=O)(=O)Nc1ccccc1F. The summed E-state index contributed by atoms with van der Waals surface area (Å²) in [6.45, 7) is 5.35. The van der Waals surface area contributed by atoms with Crippen molar-refractivity contribution in [3.8, 4) is 0 Å². The molecule has 9 heteroatoms. The van der Waals surface area contributed by atoms with Crippen LogP contribution in [0.1, 0.15) is 22.5 Å². The molecule has 0 aliphatic heterocycles. The second-order valence-corrected chi connectivity index (χ2v) is 8.71. The first-order valence-electron chi connectivity index (χ1n) is 9.25. The van der Waals surface area contributed by atoms with E-state index in [1.165, 1.54) is 30.3 Å². The number of rotatable bonds is 6. The van der Waals surface area contributed by atoms with Gasteiger partial charge in [-0.3, -0.25) is 14.2 Å². The maximum Gasteiger partial charge on any atom is 0.262 e. The molecule has 0 aliphatic carbocycles. The highest BCUT2D eigenvalue weighted by Gasteiger charge is 2.20. The predicted octanol–water partition coefficient (Wildman–Crippen LogP) is 3.47. The van der Waals surface area contributed by atoms with E-state index >= 15 is 0 Å². The number of para-hydroxylation sites is 1. The highest BCUT2D eigenvalue weighted by atomic mass is 32.2. The van der Waals surface area contributed by atoms with Gasteiger partial charge in [0.05, 0.1) is 22.7 Å². The lowest BCUT2D eigenvalue weighted by molar-refractivity contribution is -0.115. The topological polar surface area (TPSA) is 93.1 Å². The summed E-state index contributed by atoms with van der Waals surface area (Å²) in [4.78, 5) is 12.5. The molecule has 0 fully saturated rings. The molecule has 0 saturated carbocycles. The molecule has 0 unspecified atom stereocenters. The van der Waals surface area contributed by atoms with Gasteiger partial charge in [-0.2, -0.15) is 5.10 Å². The number of aryl methyl sites for hydroxylation is 3. The van der Waals surface area contributed by atoms with E-state index in [1.807, 2.05) is 20.9 Å². The van der Waals surface area contributed by atoms with Crippen LogP contribution in [0.5, 0.6) is 0 Å². The molecule has 0 atom stereocenters. The summed E-state index contributed by atoms with van der Waals surface area (Å²) in [7, 11) is -2.24. The molecule has 1 amide bonds. The lowest BCUT2D eigenvalue weighted by atomic mass is 10.1. The van der Waals surface area contributed by atoms with Crippen LogP contribution >= 0.6 is 0 Å². The van der Waals surface area contributed by atoms with Gasteiger partial charge in [0, 0.05) is 24.0 Å². The molecule has 2 aromatic carbocycles. The number of amides is 1. The number of hydrogen-bond acceptors (Lipinski definition) is 4. The van der Waals surface area contributed by atoms with Crippen LogP contribution < -0.4 is 10.0 Å². The molecule has 0 radical (unpaired) electrons. The summed E-state index contributed by atoms with van der Waals surface area (Å²) < 4.78 is 43.4. The summed E-state index contributed by atoms with van der Waals surface area (Å²) in [6.07, 6.45) is 0.120. The van der Waals surface area contributed by atoms with E-state index in [9.17, 15) is 17.6 Å². The molecule has 0 spiro atoms. The van der Waals surface area contributed by atoms with E-state index in [0.29, 0.717) is 11.3 Å². The smallest absolute Gasteiger partial charge is 0.262 e. The minimum atomic E-state index is -4.05. The van der Waals surface area contributed by atoms with Gasteiger partial charge in [0.15, 0.2) is 0 Å². The van der Waals surface area contributed by atoms with Crippen molar-refractivity contribution in [2.45, 2.75) is 32.1 Å². The molecule has 7 nitrogen and oxygen atoms in total. The summed E-state index contributed by atoms with van der Waals surface area (Å²) >= 11 is 0. The van der Waals surface area contributed by atoms with E-state index in [-0.39, 0.29) is 22.9 Å². The predicted molar refractivity (Wildman–Crippen MR) is 113 cm³/mol. The van der Waals surface area contributed by atoms with Crippen molar-refractivity contribution in [2.24, 2.45) is 7.05 Å². The number of benzene rings is 2. The van der Waals surface area contributed by atoms with E-state index < -0.39 is 15.8 Å². The second-order valence-electron chi connectivity index (χ2n) is 7.06. The van der Waals surface area contributed by atoms with Gasteiger partial charge in [-0.1, -0.05) is 18.2 Å². The zero-order valence-corrected chi connectivity index (χ0v) is 18.0. The third kappa shape index (κ3) is 4.51. The fourth-order valence-electron chi connectivity index (χ4n) is 3.15. The summed E-state index contributed by atoms with van der Waals surface area (Å²) in [5, 5.41) is 7.02. The van der Waals surface area contributed by atoms with E-state index in [2.05, 4.69) is 15.1 Å². The monoisotopic (exact) mass is 430 g/mol. The zero-order chi connectivity index (χ0) is 22.1. The number of carbonyl (C=O) groups is 1. The summed E-state index contributed by atoms with van der Waals surface area (Å²) in [6, 6.07) is 10.1. The van der Waals surface area contributed by atoms with Gasteiger partial charge in [0.25, 0.3) is 10.0 Å². The molecule has 3 rings (SSSR count). The highest BCUT2D eigenvalue weighted by molar-refractivity contribution is 7.92. The third-order valence-corrected chi connectivity index (χ3v) is 6.38. The first kappa shape index (κ1) is 21.5. The number of halogens is 1. The van der Waals surface area contributed by atoms with Crippen LogP contribution in [-0.2, 0) is 28.3 Å².